The van der Waals surface area contributed by atoms with Crippen molar-refractivity contribution in [2.75, 3.05) is 0 Å². The molecule has 102 valence electrons. The van der Waals surface area contributed by atoms with Crippen molar-refractivity contribution in [1.82, 2.24) is 9.55 Å². The van der Waals surface area contributed by atoms with Gasteiger partial charge in [-0.2, -0.15) is 0 Å². The summed E-state index contributed by atoms with van der Waals surface area (Å²) < 4.78 is 2.11. The summed E-state index contributed by atoms with van der Waals surface area (Å²) in [6.45, 7) is 2.95. The van der Waals surface area contributed by atoms with Crippen LogP contribution in [0.2, 0.25) is 5.02 Å². The Bertz CT molecular complexity index is 764. The summed E-state index contributed by atoms with van der Waals surface area (Å²) in [6, 6.07) is 12.9. The highest BCUT2D eigenvalue weighted by Gasteiger charge is 2.14. The van der Waals surface area contributed by atoms with Crippen LogP contribution in [0.4, 0.5) is 0 Å². The van der Waals surface area contributed by atoms with Crippen LogP contribution in [0.15, 0.2) is 42.5 Å². The average Bonchev–Trinajstić information content (AvgIpc) is 2.78. The molecular weight excluding hydrogens is 272 g/mol. The van der Waals surface area contributed by atoms with Crippen LogP contribution in [0, 0.1) is 0 Å². The molecule has 3 rings (SSSR count). The van der Waals surface area contributed by atoms with Crippen LogP contribution in [-0.2, 0) is 6.54 Å². The van der Waals surface area contributed by atoms with E-state index in [1.807, 2.05) is 36.4 Å². The van der Waals surface area contributed by atoms with Crippen molar-refractivity contribution in [3.8, 4) is 17.1 Å². The van der Waals surface area contributed by atoms with E-state index in [1.54, 1.807) is 6.07 Å². The molecule has 0 radical (unpaired) electrons. The summed E-state index contributed by atoms with van der Waals surface area (Å²) in [6.07, 6.45) is 0.985. The molecule has 0 amide bonds. The standard InChI is InChI=1S/C16H15ClN2O/c1-2-9-19-14-10-11(17)7-8-13(14)18-16(19)12-5-3-4-6-15(12)20/h3-8,10,20H,2,9H2,1H3. The van der Waals surface area contributed by atoms with E-state index in [2.05, 4.69) is 16.5 Å². The molecule has 3 aromatic rings. The van der Waals surface area contributed by atoms with Crippen molar-refractivity contribution >= 4 is 22.6 Å². The minimum Gasteiger partial charge on any atom is -0.507 e. The van der Waals surface area contributed by atoms with Crippen LogP contribution < -0.4 is 0 Å². The molecule has 0 saturated heterocycles. The molecule has 0 aliphatic carbocycles. The van der Waals surface area contributed by atoms with E-state index < -0.39 is 0 Å². The number of phenolic OH excluding ortho intramolecular Hbond substituents is 1. The second kappa shape index (κ2) is 5.17. The van der Waals surface area contributed by atoms with Crippen molar-refractivity contribution in [3.05, 3.63) is 47.5 Å². The van der Waals surface area contributed by atoms with Crippen LogP contribution >= 0.6 is 11.6 Å². The molecule has 3 nitrogen and oxygen atoms in total. The van der Waals surface area contributed by atoms with Gasteiger partial charge in [-0.3, -0.25) is 0 Å². The van der Waals surface area contributed by atoms with Crippen LogP contribution in [0.25, 0.3) is 22.4 Å². The summed E-state index contributed by atoms with van der Waals surface area (Å²) in [7, 11) is 0. The molecule has 0 unspecified atom stereocenters. The summed E-state index contributed by atoms with van der Waals surface area (Å²) in [5.41, 5.74) is 2.63. The SMILES string of the molecule is CCCn1c(-c2ccccc2O)nc2ccc(Cl)cc21. The molecule has 0 atom stereocenters. The Hall–Kier alpha value is -2.00. The quantitative estimate of drug-likeness (QED) is 0.771. The number of hydrogen-bond donors (Lipinski definition) is 1. The third-order valence-corrected chi connectivity index (χ3v) is 3.54. The van der Waals surface area contributed by atoms with E-state index in [0.717, 1.165) is 35.4 Å². The minimum absolute atomic E-state index is 0.242. The van der Waals surface area contributed by atoms with Gasteiger partial charge in [0.25, 0.3) is 0 Å². The van der Waals surface area contributed by atoms with Gasteiger partial charge in [0.05, 0.1) is 16.6 Å². The summed E-state index contributed by atoms with van der Waals surface area (Å²) >= 11 is 6.09. The van der Waals surface area contributed by atoms with Crippen LogP contribution in [0.5, 0.6) is 5.75 Å². The van der Waals surface area contributed by atoms with Crippen molar-refractivity contribution in [2.24, 2.45) is 0 Å². The van der Waals surface area contributed by atoms with Crippen molar-refractivity contribution in [2.45, 2.75) is 19.9 Å². The lowest BCUT2D eigenvalue weighted by Gasteiger charge is -2.09. The molecule has 1 aromatic heterocycles. The summed E-state index contributed by atoms with van der Waals surface area (Å²) in [5.74, 6) is 1.02. The molecule has 0 aliphatic rings. The second-order valence-electron chi connectivity index (χ2n) is 4.74. The van der Waals surface area contributed by atoms with Crippen molar-refractivity contribution in [3.63, 3.8) is 0 Å². The first-order valence-electron chi connectivity index (χ1n) is 6.65. The molecule has 0 bridgehead atoms. The van der Waals surface area contributed by atoms with E-state index in [0.29, 0.717) is 5.02 Å². The van der Waals surface area contributed by atoms with Gasteiger partial charge in [0.2, 0.25) is 0 Å². The Morgan fingerprint density at radius 3 is 2.75 bits per heavy atom. The number of phenols is 1. The first-order chi connectivity index (χ1) is 9.70. The predicted octanol–water partition coefficient (Wildman–Crippen LogP) is 4.47. The third kappa shape index (κ3) is 2.14. The van der Waals surface area contributed by atoms with Crippen molar-refractivity contribution in [1.29, 1.82) is 0 Å². The smallest absolute Gasteiger partial charge is 0.144 e. The largest absolute Gasteiger partial charge is 0.507 e. The van der Waals surface area contributed by atoms with Crippen molar-refractivity contribution < 1.29 is 5.11 Å². The number of imidazole rings is 1. The Morgan fingerprint density at radius 1 is 1.20 bits per heavy atom. The molecule has 2 aromatic carbocycles. The van der Waals surface area contributed by atoms with Gasteiger partial charge < -0.3 is 9.67 Å². The number of fused-ring (bicyclic) bond motifs is 1. The number of aromatic nitrogens is 2. The number of benzene rings is 2. The van der Waals surface area contributed by atoms with Gasteiger partial charge in [-0.15, -0.1) is 0 Å². The monoisotopic (exact) mass is 286 g/mol. The zero-order valence-electron chi connectivity index (χ0n) is 11.2. The topological polar surface area (TPSA) is 38.0 Å². The maximum atomic E-state index is 10.1. The van der Waals surface area contributed by atoms with Gasteiger partial charge in [-0.25, -0.2) is 4.98 Å². The Morgan fingerprint density at radius 2 is 2.00 bits per heavy atom. The Labute approximate surface area is 122 Å². The van der Waals surface area contributed by atoms with Crippen LogP contribution in [-0.4, -0.2) is 14.7 Å². The molecule has 4 heteroatoms. The van der Waals surface area contributed by atoms with Gasteiger partial charge in [0, 0.05) is 11.6 Å². The molecular formula is C16H15ClN2O. The van der Waals surface area contributed by atoms with Gasteiger partial charge in [0.1, 0.15) is 11.6 Å². The molecule has 1 N–H and O–H groups in total. The highest BCUT2D eigenvalue weighted by Crippen LogP contribution is 2.32. The summed E-state index contributed by atoms with van der Waals surface area (Å²) in [5, 5.41) is 10.8. The highest BCUT2D eigenvalue weighted by atomic mass is 35.5. The molecule has 0 spiro atoms. The maximum absolute atomic E-state index is 10.1. The van der Waals surface area contributed by atoms with Crippen LogP contribution in [0.3, 0.4) is 0 Å². The van der Waals surface area contributed by atoms with Gasteiger partial charge in [0.15, 0.2) is 0 Å². The predicted molar refractivity (Wildman–Crippen MR) is 82.1 cm³/mol. The number of halogens is 1. The Balaban J connectivity index is 2.30. The average molecular weight is 287 g/mol. The number of hydrogen-bond acceptors (Lipinski definition) is 2. The molecule has 20 heavy (non-hydrogen) atoms. The molecule has 0 fully saturated rings. The fourth-order valence-corrected chi connectivity index (χ4v) is 2.58. The fourth-order valence-electron chi connectivity index (χ4n) is 2.41. The first-order valence-corrected chi connectivity index (χ1v) is 7.02. The van der Waals surface area contributed by atoms with E-state index in [4.69, 9.17) is 11.6 Å². The van der Waals surface area contributed by atoms with E-state index in [-0.39, 0.29) is 5.75 Å². The van der Waals surface area contributed by atoms with Gasteiger partial charge >= 0.3 is 0 Å². The normalized spacial score (nSPS) is 11.1. The highest BCUT2D eigenvalue weighted by molar-refractivity contribution is 6.31. The number of para-hydroxylation sites is 1. The van der Waals surface area contributed by atoms with Crippen LogP contribution in [0.1, 0.15) is 13.3 Å². The lowest BCUT2D eigenvalue weighted by atomic mass is 10.2. The lowest BCUT2D eigenvalue weighted by Crippen LogP contribution is -1.99. The minimum atomic E-state index is 0.242. The maximum Gasteiger partial charge on any atom is 0.144 e. The van der Waals surface area contributed by atoms with E-state index in [9.17, 15) is 5.11 Å². The molecule has 0 aliphatic heterocycles. The zero-order valence-corrected chi connectivity index (χ0v) is 11.9. The summed E-state index contributed by atoms with van der Waals surface area (Å²) in [4.78, 5) is 4.65. The van der Waals surface area contributed by atoms with E-state index >= 15 is 0 Å². The third-order valence-electron chi connectivity index (χ3n) is 3.30. The number of aromatic hydroxyl groups is 1. The molecule has 1 heterocycles. The lowest BCUT2D eigenvalue weighted by molar-refractivity contribution is 0.476. The second-order valence-corrected chi connectivity index (χ2v) is 5.17. The first kappa shape index (κ1) is 13.0. The molecule has 0 saturated carbocycles. The number of nitrogens with zero attached hydrogens (tertiary/aromatic N) is 2. The van der Waals surface area contributed by atoms with Gasteiger partial charge in [-0.1, -0.05) is 30.7 Å². The fraction of sp³-hybridized carbons (Fsp3) is 0.188. The Kier molecular flexibility index (Phi) is 3.36. The number of rotatable bonds is 3. The van der Waals surface area contributed by atoms with E-state index in [1.165, 1.54) is 0 Å². The zero-order chi connectivity index (χ0) is 14.1. The number of aryl methyl sites for hydroxylation is 1. The van der Waals surface area contributed by atoms with Gasteiger partial charge in [-0.05, 0) is 36.8 Å².